The van der Waals surface area contributed by atoms with Gasteiger partial charge in [0.05, 0.1) is 6.61 Å². The number of benzene rings is 1. The molecule has 1 saturated heterocycles. The smallest absolute Gasteiger partial charge is 0.317 e. The average molecular weight is 290 g/mol. The van der Waals surface area contributed by atoms with Gasteiger partial charge in [0, 0.05) is 38.8 Å². The topological polar surface area (TPSA) is 55.8 Å². The predicted molar refractivity (Wildman–Crippen MR) is 82.9 cm³/mol. The van der Waals surface area contributed by atoms with E-state index < -0.39 is 0 Å². The first-order chi connectivity index (χ1) is 10.2. The number of aliphatic hydroxyl groups is 1. The number of carbonyl (C=O) groups excluding carboxylic acids is 1. The van der Waals surface area contributed by atoms with Gasteiger partial charge in [-0.25, -0.2) is 4.79 Å². The Hall–Kier alpha value is -1.59. The third-order valence-corrected chi connectivity index (χ3v) is 3.73. The number of aliphatic hydroxyl groups excluding tert-OH is 1. The molecule has 0 saturated carbocycles. The molecular formula is C16H24N3O2. The minimum Gasteiger partial charge on any atom is -0.395 e. The first-order valence-corrected chi connectivity index (χ1v) is 7.44. The largest absolute Gasteiger partial charge is 0.395 e. The van der Waals surface area contributed by atoms with Crippen LogP contribution in [0.4, 0.5) is 4.79 Å². The molecule has 21 heavy (non-hydrogen) atoms. The maximum absolute atomic E-state index is 12.2. The molecule has 0 unspecified atom stereocenters. The number of nitrogens with one attached hydrogen (secondary N) is 1. The molecule has 5 heteroatoms. The van der Waals surface area contributed by atoms with E-state index in [9.17, 15) is 4.79 Å². The van der Waals surface area contributed by atoms with Gasteiger partial charge in [0.1, 0.15) is 0 Å². The highest BCUT2D eigenvalue weighted by Gasteiger charge is 2.21. The number of hydrogen-bond donors (Lipinski definition) is 2. The van der Waals surface area contributed by atoms with Crippen molar-refractivity contribution < 1.29 is 9.90 Å². The predicted octanol–water partition coefficient (Wildman–Crippen LogP) is 0.751. The molecule has 0 aliphatic carbocycles. The number of amides is 2. The van der Waals surface area contributed by atoms with E-state index in [1.165, 1.54) is 5.56 Å². The van der Waals surface area contributed by atoms with Crippen LogP contribution in [0.3, 0.4) is 0 Å². The highest BCUT2D eigenvalue weighted by molar-refractivity contribution is 5.74. The highest BCUT2D eigenvalue weighted by atomic mass is 16.3. The van der Waals surface area contributed by atoms with Gasteiger partial charge >= 0.3 is 6.03 Å². The van der Waals surface area contributed by atoms with Crippen LogP contribution in [0.2, 0.25) is 0 Å². The Kier molecular flexibility index (Phi) is 6.02. The fourth-order valence-electron chi connectivity index (χ4n) is 2.53. The molecule has 2 rings (SSSR count). The zero-order chi connectivity index (χ0) is 15.1. The van der Waals surface area contributed by atoms with E-state index in [1.807, 2.05) is 35.2 Å². The number of hydrogen-bond acceptors (Lipinski definition) is 3. The number of β-amino-alcohol motifs (C(OH)–C–C–N with tert-alkyl or cyclic N) is 1. The molecule has 0 spiro atoms. The third kappa shape index (κ3) is 5.02. The fraction of sp³-hybridized carbons (Fsp3) is 0.500. The molecular weight excluding hydrogens is 266 g/mol. The summed E-state index contributed by atoms with van der Waals surface area (Å²) in [6.07, 6.45) is 0.733. The quantitative estimate of drug-likeness (QED) is 0.841. The van der Waals surface area contributed by atoms with Crippen molar-refractivity contribution in [3.8, 4) is 0 Å². The van der Waals surface area contributed by atoms with Crippen LogP contribution in [-0.2, 0) is 6.42 Å². The van der Waals surface area contributed by atoms with Crippen LogP contribution in [-0.4, -0.2) is 66.3 Å². The lowest BCUT2D eigenvalue weighted by Gasteiger charge is -2.34. The summed E-state index contributed by atoms with van der Waals surface area (Å²) >= 11 is 0. The van der Waals surface area contributed by atoms with E-state index in [1.54, 1.807) is 0 Å². The monoisotopic (exact) mass is 290 g/mol. The van der Waals surface area contributed by atoms with Crippen molar-refractivity contribution in [2.24, 2.45) is 0 Å². The number of urea groups is 1. The van der Waals surface area contributed by atoms with E-state index in [4.69, 9.17) is 5.11 Å². The van der Waals surface area contributed by atoms with E-state index in [2.05, 4.69) is 17.1 Å². The minimum atomic E-state index is -0.129. The van der Waals surface area contributed by atoms with Crippen LogP contribution in [0.25, 0.3) is 0 Å². The molecule has 1 aromatic rings. The zero-order valence-electron chi connectivity index (χ0n) is 12.4. The normalized spacial score (nSPS) is 17.5. The number of nitrogens with zero attached hydrogens (tertiary/aromatic N) is 2. The lowest BCUT2D eigenvalue weighted by Crippen LogP contribution is -2.53. The van der Waals surface area contributed by atoms with Gasteiger partial charge in [-0.3, -0.25) is 4.90 Å². The van der Waals surface area contributed by atoms with Crippen molar-refractivity contribution in [1.82, 2.24) is 15.1 Å². The Morgan fingerprint density at radius 2 is 1.90 bits per heavy atom. The van der Waals surface area contributed by atoms with E-state index in [0.717, 1.165) is 19.5 Å². The van der Waals surface area contributed by atoms with Crippen LogP contribution in [0, 0.1) is 6.92 Å². The molecule has 1 atom stereocenters. The lowest BCUT2D eigenvalue weighted by molar-refractivity contribution is 0.121. The average Bonchev–Trinajstić information content (AvgIpc) is 2.49. The molecule has 5 nitrogen and oxygen atoms in total. The van der Waals surface area contributed by atoms with Gasteiger partial charge in [0.25, 0.3) is 0 Å². The maximum atomic E-state index is 12.2. The molecule has 1 aliphatic rings. The van der Waals surface area contributed by atoms with Crippen molar-refractivity contribution in [3.63, 3.8) is 0 Å². The molecule has 1 heterocycles. The number of piperazine rings is 1. The lowest BCUT2D eigenvalue weighted by atomic mass is 10.1. The van der Waals surface area contributed by atoms with Gasteiger partial charge in [-0.1, -0.05) is 30.3 Å². The maximum Gasteiger partial charge on any atom is 0.317 e. The molecule has 1 aliphatic heterocycles. The molecule has 2 amide bonds. The summed E-state index contributed by atoms with van der Waals surface area (Å²) < 4.78 is 0. The molecule has 1 aromatic carbocycles. The number of carbonyl (C=O) groups is 1. The Bertz CT molecular complexity index is 430. The molecule has 115 valence electrons. The first kappa shape index (κ1) is 15.8. The van der Waals surface area contributed by atoms with E-state index in [0.29, 0.717) is 19.6 Å². The van der Waals surface area contributed by atoms with Crippen LogP contribution < -0.4 is 5.32 Å². The van der Waals surface area contributed by atoms with E-state index in [-0.39, 0.29) is 18.7 Å². The fourth-order valence-corrected chi connectivity index (χ4v) is 2.53. The second-order valence-electron chi connectivity index (χ2n) is 5.39. The minimum absolute atomic E-state index is 0.0467. The summed E-state index contributed by atoms with van der Waals surface area (Å²) in [5.74, 6) is 0. The molecule has 2 N–H and O–H groups in total. The summed E-state index contributed by atoms with van der Waals surface area (Å²) in [5.41, 5.74) is 1.17. The van der Waals surface area contributed by atoms with Gasteiger partial charge in [-0.2, -0.15) is 0 Å². The molecule has 1 radical (unpaired) electrons. The van der Waals surface area contributed by atoms with Gasteiger partial charge in [-0.05, 0) is 18.9 Å². The van der Waals surface area contributed by atoms with Crippen molar-refractivity contribution in [2.45, 2.75) is 12.5 Å². The molecule has 1 fully saturated rings. The summed E-state index contributed by atoms with van der Waals surface area (Å²) in [6, 6.07) is 9.86. The standard InChI is InChI=1S/C16H24N3O2/c1-14(13-15-5-3-2-4-6-15)17-16(21)19-9-7-18(8-10-19)11-12-20/h2-6,14,20H,1,7-13H2,(H,17,21)/t14-/m0/s1. The van der Waals surface area contributed by atoms with Gasteiger partial charge < -0.3 is 15.3 Å². The van der Waals surface area contributed by atoms with Crippen molar-refractivity contribution in [3.05, 3.63) is 42.8 Å². The van der Waals surface area contributed by atoms with Gasteiger partial charge in [0.2, 0.25) is 0 Å². The van der Waals surface area contributed by atoms with Gasteiger partial charge in [0.15, 0.2) is 0 Å². The Balaban J connectivity index is 1.74. The summed E-state index contributed by atoms with van der Waals surface area (Å²) in [5, 5.41) is 11.9. The second kappa shape index (κ2) is 8.00. The van der Waals surface area contributed by atoms with Crippen LogP contribution in [0.1, 0.15) is 5.56 Å². The Labute approximate surface area is 126 Å². The summed E-state index contributed by atoms with van der Waals surface area (Å²) in [6.45, 7) is 7.89. The van der Waals surface area contributed by atoms with Crippen LogP contribution >= 0.6 is 0 Å². The van der Waals surface area contributed by atoms with Crippen molar-refractivity contribution >= 4 is 6.03 Å². The van der Waals surface area contributed by atoms with Crippen LogP contribution in [0.5, 0.6) is 0 Å². The molecule has 0 bridgehead atoms. The zero-order valence-corrected chi connectivity index (χ0v) is 12.4. The van der Waals surface area contributed by atoms with Crippen molar-refractivity contribution in [1.29, 1.82) is 0 Å². The molecule has 0 aromatic heterocycles. The Morgan fingerprint density at radius 1 is 1.24 bits per heavy atom. The third-order valence-electron chi connectivity index (χ3n) is 3.73. The second-order valence-corrected chi connectivity index (χ2v) is 5.39. The summed E-state index contributed by atoms with van der Waals surface area (Å²) in [7, 11) is 0. The highest BCUT2D eigenvalue weighted by Crippen LogP contribution is 2.05. The summed E-state index contributed by atoms with van der Waals surface area (Å²) in [4.78, 5) is 16.1. The van der Waals surface area contributed by atoms with Crippen LogP contribution in [0.15, 0.2) is 30.3 Å². The first-order valence-electron chi connectivity index (χ1n) is 7.44. The van der Waals surface area contributed by atoms with Crippen molar-refractivity contribution in [2.75, 3.05) is 39.3 Å². The van der Waals surface area contributed by atoms with Gasteiger partial charge in [-0.15, -0.1) is 0 Å². The van der Waals surface area contributed by atoms with E-state index >= 15 is 0 Å². The SMILES string of the molecule is [CH2][C@@H](Cc1ccccc1)NC(=O)N1CCN(CCO)CC1. The Morgan fingerprint density at radius 3 is 2.52 bits per heavy atom. The number of rotatable bonds is 5.